The maximum Gasteiger partial charge on any atom is 0.315 e. The molecule has 0 radical (unpaired) electrons. The van der Waals surface area contributed by atoms with Gasteiger partial charge in [-0.3, -0.25) is 14.6 Å². The van der Waals surface area contributed by atoms with Crippen LogP contribution < -0.4 is 9.47 Å². The predicted molar refractivity (Wildman–Crippen MR) is 126 cm³/mol. The Labute approximate surface area is 194 Å². The molecule has 0 fully saturated rings. The first kappa shape index (κ1) is 22.8. The number of Topliss-reactive ketones (excluding diaryl/α,β-unsaturated/α-hetero) is 1. The Balaban J connectivity index is 1.87. The fraction of sp³-hybridized carbons (Fsp3) is 0.370. The molecule has 6 nitrogen and oxygen atoms in total. The summed E-state index contributed by atoms with van der Waals surface area (Å²) in [5, 5.41) is 0. The van der Waals surface area contributed by atoms with Gasteiger partial charge in [-0.2, -0.15) is 0 Å². The fourth-order valence-corrected chi connectivity index (χ4v) is 4.98. The second-order valence-corrected chi connectivity index (χ2v) is 8.37. The molecule has 172 valence electrons. The molecule has 2 aromatic carbocycles. The first-order chi connectivity index (χ1) is 16.0. The van der Waals surface area contributed by atoms with E-state index >= 15 is 0 Å². The van der Waals surface area contributed by atoms with E-state index in [0.717, 1.165) is 16.8 Å². The Bertz CT molecular complexity index is 1120. The highest BCUT2D eigenvalue weighted by Crippen LogP contribution is 2.49. The van der Waals surface area contributed by atoms with Crippen LogP contribution in [0, 0.1) is 5.92 Å². The van der Waals surface area contributed by atoms with Gasteiger partial charge < -0.3 is 14.2 Å². The van der Waals surface area contributed by atoms with E-state index in [1.807, 2.05) is 43.3 Å². The monoisotopic (exact) mass is 447 g/mol. The van der Waals surface area contributed by atoms with Crippen molar-refractivity contribution in [2.24, 2.45) is 10.9 Å². The third kappa shape index (κ3) is 4.30. The van der Waals surface area contributed by atoms with Gasteiger partial charge in [-0.1, -0.05) is 30.3 Å². The van der Waals surface area contributed by atoms with Crippen LogP contribution in [0.4, 0.5) is 0 Å². The summed E-state index contributed by atoms with van der Waals surface area (Å²) in [4.78, 5) is 31.5. The van der Waals surface area contributed by atoms with E-state index in [1.54, 1.807) is 33.3 Å². The number of rotatable bonds is 6. The lowest BCUT2D eigenvalue weighted by Gasteiger charge is -2.37. The maximum absolute atomic E-state index is 13.6. The molecule has 33 heavy (non-hydrogen) atoms. The zero-order valence-electron chi connectivity index (χ0n) is 19.5. The number of ketones is 1. The van der Waals surface area contributed by atoms with E-state index in [0.29, 0.717) is 35.6 Å². The highest BCUT2D eigenvalue weighted by atomic mass is 16.5. The number of hydrogen-bond acceptors (Lipinski definition) is 6. The van der Waals surface area contributed by atoms with E-state index in [-0.39, 0.29) is 18.3 Å². The lowest BCUT2D eigenvalue weighted by Crippen LogP contribution is -2.38. The van der Waals surface area contributed by atoms with Crippen LogP contribution in [0.1, 0.15) is 49.7 Å². The van der Waals surface area contributed by atoms with Gasteiger partial charge in [-0.05, 0) is 49.9 Å². The molecule has 1 unspecified atom stereocenters. The average molecular weight is 448 g/mol. The van der Waals surface area contributed by atoms with Gasteiger partial charge in [0, 0.05) is 34.9 Å². The minimum atomic E-state index is -0.707. The summed E-state index contributed by atoms with van der Waals surface area (Å²) in [6.45, 7) is 3.86. The number of allylic oxidation sites excluding steroid dienone is 2. The Kier molecular flexibility index (Phi) is 6.63. The van der Waals surface area contributed by atoms with Gasteiger partial charge in [0.1, 0.15) is 17.4 Å². The van der Waals surface area contributed by atoms with Crippen LogP contribution in [0.2, 0.25) is 0 Å². The van der Waals surface area contributed by atoms with Crippen LogP contribution in [0.15, 0.2) is 64.8 Å². The molecule has 6 heteroatoms. The highest BCUT2D eigenvalue weighted by molar-refractivity contribution is 6.09. The van der Waals surface area contributed by atoms with Crippen LogP contribution in [0.25, 0.3) is 0 Å². The van der Waals surface area contributed by atoms with Crippen LogP contribution >= 0.6 is 0 Å². The van der Waals surface area contributed by atoms with E-state index in [1.165, 1.54) is 0 Å². The topological polar surface area (TPSA) is 74.2 Å². The van der Waals surface area contributed by atoms with Gasteiger partial charge >= 0.3 is 5.97 Å². The number of carbonyl (C=O) groups excluding carboxylic acids is 2. The highest BCUT2D eigenvalue weighted by Gasteiger charge is 2.45. The molecule has 1 aliphatic heterocycles. The smallest absolute Gasteiger partial charge is 0.315 e. The summed E-state index contributed by atoms with van der Waals surface area (Å²) < 4.78 is 16.5. The van der Waals surface area contributed by atoms with Crippen molar-refractivity contribution in [3.05, 3.63) is 70.9 Å². The van der Waals surface area contributed by atoms with Crippen LogP contribution in [0.3, 0.4) is 0 Å². The second-order valence-electron chi connectivity index (χ2n) is 8.37. The molecular formula is C27H29NO5. The molecule has 0 amide bonds. The zero-order valence-corrected chi connectivity index (χ0v) is 19.5. The van der Waals surface area contributed by atoms with Gasteiger partial charge in [-0.15, -0.1) is 0 Å². The van der Waals surface area contributed by atoms with Gasteiger partial charge in [0.25, 0.3) is 0 Å². The number of ether oxygens (including phenoxy) is 3. The number of hydrogen-bond donors (Lipinski definition) is 0. The predicted octanol–water partition coefficient (Wildman–Crippen LogP) is 4.84. The fourth-order valence-electron chi connectivity index (χ4n) is 4.98. The van der Waals surface area contributed by atoms with Crippen molar-refractivity contribution in [1.29, 1.82) is 0 Å². The second kappa shape index (κ2) is 9.61. The number of nitrogens with zero attached hydrogens (tertiary/aromatic N) is 1. The van der Waals surface area contributed by atoms with Gasteiger partial charge in [-0.25, -0.2) is 0 Å². The molecule has 1 heterocycles. The Morgan fingerprint density at radius 3 is 2.48 bits per heavy atom. The number of aliphatic imine (C=N–C) groups is 1. The first-order valence-corrected chi connectivity index (χ1v) is 11.2. The third-order valence-electron chi connectivity index (χ3n) is 6.47. The summed E-state index contributed by atoms with van der Waals surface area (Å²) >= 11 is 0. The summed E-state index contributed by atoms with van der Waals surface area (Å²) in [7, 11) is 3.17. The quantitative estimate of drug-likeness (QED) is 0.593. The van der Waals surface area contributed by atoms with E-state index in [2.05, 4.69) is 0 Å². The van der Waals surface area contributed by atoms with Gasteiger partial charge in [0.2, 0.25) is 0 Å². The van der Waals surface area contributed by atoms with E-state index in [4.69, 9.17) is 19.2 Å². The Hall–Kier alpha value is -3.41. The Morgan fingerprint density at radius 2 is 1.82 bits per heavy atom. The van der Waals surface area contributed by atoms with Crippen molar-refractivity contribution >= 4 is 17.5 Å². The summed E-state index contributed by atoms with van der Waals surface area (Å²) in [5.74, 6) is -0.367. The lowest BCUT2D eigenvalue weighted by molar-refractivity contribution is -0.146. The molecule has 1 aliphatic carbocycles. The number of carbonyl (C=O) groups is 2. The summed E-state index contributed by atoms with van der Waals surface area (Å²) in [6.07, 6.45) is 1.01. The standard InChI is InChI=1S/C27H29NO5/c1-5-33-27(30)24-16(2)28-21-13-18(17-9-7-6-8-10-17)14-22(29)26(21)25(24)20-15-19(31-3)11-12-23(20)32-4/h6-12,15,18,24-25H,5,13-14H2,1-4H3/t18-,24?,25+/m0/s1. The van der Waals surface area contributed by atoms with Crippen LogP contribution in [0.5, 0.6) is 11.5 Å². The van der Waals surface area contributed by atoms with Crippen LogP contribution in [-0.4, -0.2) is 38.3 Å². The molecule has 0 bridgehead atoms. The molecule has 2 aliphatic rings. The number of esters is 1. The van der Waals surface area contributed by atoms with Crippen molar-refractivity contribution in [2.45, 2.75) is 38.5 Å². The van der Waals surface area contributed by atoms with Crippen LogP contribution in [-0.2, 0) is 14.3 Å². The first-order valence-electron chi connectivity index (χ1n) is 11.2. The van der Waals surface area contributed by atoms with Crippen molar-refractivity contribution in [3.63, 3.8) is 0 Å². The van der Waals surface area contributed by atoms with Gasteiger partial charge in [0.15, 0.2) is 5.78 Å². The molecule has 0 N–H and O–H groups in total. The lowest BCUT2D eigenvalue weighted by atomic mass is 9.69. The maximum atomic E-state index is 13.6. The van der Waals surface area contributed by atoms with E-state index in [9.17, 15) is 9.59 Å². The van der Waals surface area contributed by atoms with Crippen molar-refractivity contribution < 1.29 is 23.8 Å². The molecule has 0 aromatic heterocycles. The summed E-state index contributed by atoms with van der Waals surface area (Å²) in [5.41, 5.74) is 3.81. The minimum absolute atomic E-state index is 0.00512. The number of benzene rings is 2. The molecule has 3 atom stereocenters. The minimum Gasteiger partial charge on any atom is -0.497 e. The molecule has 0 saturated carbocycles. The third-order valence-corrected chi connectivity index (χ3v) is 6.47. The molecule has 4 rings (SSSR count). The van der Waals surface area contributed by atoms with Crippen molar-refractivity contribution in [1.82, 2.24) is 0 Å². The molecule has 0 spiro atoms. The summed E-state index contributed by atoms with van der Waals surface area (Å²) in [6, 6.07) is 15.5. The van der Waals surface area contributed by atoms with Gasteiger partial charge in [0.05, 0.1) is 20.8 Å². The normalized spacial score (nSPS) is 22.4. The number of methoxy groups -OCH3 is 2. The van der Waals surface area contributed by atoms with Crippen molar-refractivity contribution in [2.75, 3.05) is 20.8 Å². The zero-order chi connectivity index (χ0) is 23.5. The van der Waals surface area contributed by atoms with Crippen molar-refractivity contribution in [3.8, 4) is 11.5 Å². The van der Waals surface area contributed by atoms with E-state index < -0.39 is 17.8 Å². The molecule has 2 aromatic rings. The molecule has 0 saturated heterocycles. The molecular weight excluding hydrogens is 418 g/mol. The SMILES string of the molecule is CCOC(=O)C1C(C)=NC2=C(C(=O)C[C@@H](c3ccccc3)C2)[C@@H]1c1cc(OC)ccc1OC. The Morgan fingerprint density at radius 1 is 1.06 bits per heavy atom. The average Bonchev–Trinajstić information content (AvgIpc) is 2.83. The largest absolute Gasteiger partial charge is 0.497 e.